The molecule has 0 amide bonds. The van der Waals surface area contributed by atoms with Gasteiger partial charge in [-0.15, -0.1) is 0 Å². The highest BCUT2D eigenvalue weighted by Gasteiger charge is 2.20. The second kappa shape index (κ2) is 5.99. The van der Waals surface area contributed by atoms with Gasteiger partial charge in [-0.1, -0.05) is 29.8 Å². The number of hydrogen-bond donors (Lipinski definition) is 0. The van der Waals surface area contributed by atoms with Crippen LogP contribution in [0.3, 0.4) is 0 Å². The van der Waals surface area contributed by atoms with Crippen molar-refractivity contribution in [3.05, 3.63) is 63.3 Å². The standard InChI is InChI=1S/C20H17ClO3/c1-12-8-9-13(10-18(12)23-14-4-2-5-14)19-11-17(22)15-6-3-7-16(21)20(15)24-19/h3,6-11,14H,2,4-5H2,1H3. The largest absolute Gasteiger partial charge is 0.490 e. The van der Waals surface area contributed by atoms with Gasteiger partial charge in [-0.3, -0.25) is 4.79 Å². The maximum Gasteiger partial charge on any atom is 0.193 e. The minimum absolute atomic E-state index is 0.101. The zero-order valence-electron chi connectivity index (χ0n) is 13.3. The van der Waals surface area contributed by atoms with Crippen molar-refractivity contribution >= 4 is 22.6 Å². The van der Waals surface area contributed by atoms with E-state index in [4.69, 9.17) is 20.8 Å². The van der Waals surface area contributed by atoms with Gasteiger partial charge in [0, 0.05) is 11.6 Å². The van der Waals surface area contributed by atoms with Crippen LogP contribution >= 0.6 is 11.6 Å². The Balaban J connectivity index is 1.80. The molecule has 1 aromatic heterocycles. The van der Waals surface area contributed by atoms with Gasteiger partial charge in [0.1, 0.15) is 11.5 Å². The quantitative estimate of drug-likeness (QED) is 0.645. The minimum atomic E-state index is -0.101. The third kappa shape index (κ3) is 2.69. The average Bonchev–Trinajstić information content (AvgIpc) is 2.53. The number of halogens is 1. The summed E-state index contributed by atoms with van der Waals surface area (Å²) in [6.07, 6.45) is 3.73. The van der Waals surface area contributed by atoms with E-state index in [1.165, 1.54) is 12.5 Å². The van der Waals surface area contributed by atoms with E-state index in [1.54, 1.807) is 18.2 Å². The molecule has 2 aromatic carbocycles. The van der Waals surface area contributed by atoms with Crippen molar-refractivity contribution in [3.8, 4) is 17.1 Å². The highest BCUT2D eigenvalue weighted by molar-refractivity contribution is 6.34. The normalized spacial score (nSPS) is 14.6. The van der Waals surface area contributed by atoms with E-state index in [9.17, 15) is 4.79 Å². The number of aryl methyl sites for hydroxylation is 1. The Morgan fingerprint density at radius 3 is 2.75 bits per heavy atom. The Hall–Kier alpha value is -2.26. The van der Waals surface area contributed by atoms with Crippen LogP contribution in [0.15, 0.2) is 51.7 Å². The van der Waals surface area contributed by atoms with E-state index in [0.717, 1.165) is 29.7 Å². The molecule has 0 spiro atoms. The molecule has 0 atom stereocenters. The zero-order valence-corrected chi connectivity index (χ0v) is 14.1. The molecule has 1 aliphatic rings. The van der Waals surface area contributed by atoms with Crippen molar-refractivity contribution in [2.24, 2.45) is 0 Å². The Kier molecular flexibility index (Phi) is 3.81. The summed E-state index contributed by atoms with van der Waals surface area (Å²) in [4.78, 5) is 12.4. The fourth-order valence-electron chi connectivity index (χ4n) is 2.83. The van der Waals surface area contributed by atoms with Crippen molar-refractivity contribution in [2.45, 2.75) is 32.3 Å². The molecule has 4 heteroatoms. The maximum absolute atomic E-state index is 12.4. The van der Waals surface area contributed by atoms with E-state index in [2.05, 4.69) is 0 Å². The number of fused-ring (bicyclic) bond motifs is 1. The summed E-state index contributed by atoms with van der Waals surface area (Å²) in [6.45, 7) is 2.02. The predicted molar refractivity (Wildman–Crippen MR) is 95.9 cm³/mol. The second-order valence-corrected chi connectivity index (χ2v) is 6.65. The molecule has 3 nitrogen and oxygen atoms in total. The van der Waals surface area contributed by atoms with Crippen molar-refractivity contribution in [2.75, 3.05) is 0 Å². The Labute approximate surface area is 144 Å². The van der Waals surface area contributed by atoms with Crippen LogP contribution in [-0.2, 0) is 0 Å². The monoisotopic (exact) mass is 340 g/mol. The summed E-state index contributed by atoms with van der Waals surface area (Å²) in [5.74, 6) is 1.35. The first-order chi connectivity index (χ1) is 11.6. The zero-order chi connectivity index (χ0) is 16.7. The van der Waals surface area contributed by atoms with E-state index in [0.29, 0.717) is 27.9 Å². The van der Waals surface area contributed by atoms with Gasteiger partial charge >= 0.3 is 0 Å². The number of ether oxygens (including phenoxy) is 1. The molecule has 0 saturated heterocycles. The van der Waals surface area contributed by atoms with Crippen LogP contribution in [0.25, 0.3) is 22.3 Å². The lowest BCUT2D eigenvalue weighted by Crippen LogP contribution is -2.24. The smallest absolute Gasteiger partial charge is 0.193 e. The average molecular weight is 341 g/mol. The molecule has 4 rings (SSSR count). The molecule has 1 fully saturated rings. The molecule has 0 bridgehead atoms. The highest BCUT2D eigenvalue weighted by atomic mass is 35.5. The Morgan fingerprint density at radius 1 is 1.17 bits per heavy atom. The molecular formula is C20H17ClO3. The fourth-order valence-corrected chi connectivity index (χ4v) is 3.05. The van der Waals surface area contributed by atoms with Crippen molar-refractivity contribution in [1.82, 2.24) is 0 Å². The molecule has 0 N–H and O–H groups in total. The first-order valence-corrected chi connectivity index (χ1v) is 8.50. The van der Waals surface area contributed by atoms with Gasteiger partial charge in [0.15, 0.2) is 11.0 Å². The third-order valence-electron chi connectivity index (χ3n) is 4.53. The minimum Gasteiger partial charge on any atom is -0.490 e. The molecule has 0 radical (unpaired) electrons. The van der Waals surface area contributed by atoms with Gasteiger partial charge in [-0.05, 0) is 49.9 Å². The van der Waals surface area contributed by atoms with E-state index in [1.807, 2.05) is 25.1 Å². The highest BCUT2D eigenvalue weighted by Crippen LogP contribution is 2.32. The van der Waals surface area contributed by atoms with Crippen LogP contribution < -0.4 is 10.2 Å². The Morgan fingerprint density at radius 2 is 2.00 bits per heavy atom. The number of hydrogen-bond acceptors (Lipinski definition) is 3. The third-order valence-corrected chi connectivity index (χ3v) is 4.82. The lowest BCUT2D eigenvalue weighted by molar-refractivity contribution is 0.119. The molecule has 122 valence electrons. The lowest BCUT2D eigenvalue weighted by atomic mass is 9.96. The predicted octanol–water partition coefficient (Wildman–Crippen LogP) is 5.35. The van der Waals surface area contributed by atoms with E-state index >= 15 is 0 Å². The van der Waals surface area contributed by atoms with Crippen LogP contribution in [0, 0.1) is 6.92 Å². The SMILES string of the molecule is Cc1ccc(-c2cc(=O)c3cccc(Cl)c3o2)cc1OC1CCC1. The Bertz CT molecular complexity index is 970. The summed E-state index contributed by atoms with van der Waals surface area (Å²) in [5.41, 5.74) is 2.21. The molecule has 1 aliphatic carbocycles. The maximum atomic E-state index is 12.4. The molecule has 0 unspecified atom stereocenters. The van der Waals surface area contributed by atoms with Gasteiger partial charge in [-0.2, -0.15) is 0 Å². The molecular weight excluding hydrogens is 324 g/mol. The number of benzene rings is 2. The van der Waals surface area contributed by atoms with Crippen LogP contribution in [0.5, 0.6) is 5.75 Å². The molecule has 3 aromatic rings. The van der Waals surface area contributed by atoms with Crippen LogP contribution in [0.4, 0.5) is 0 Å². The topological polar surface area (TPSA) is 39.4 Å². The van der Waals surface area contributed by atoms with Crippen LogP contribution in [-0.4, -0.2) is 6.10 Å². The fraction of sp³-hybridized carbons (Fsp3) is 0.250. The first-order valence-electron chi connectivity index (χ1n) is 8.12. The summed E-state index contributed by atoms with van der Waals surface area (Å²) in [5, 5.41) is 0.925. The van der Waals surface area contributed by atoms with Crippen LogP contribution in [0.2, 0.25) is 5.02 Å². The first kappa shape index (κ1) is 15.3. The van der Waals surface area contributed by atoms with Crippen LogP contribution in [0.1, 0.15) is 24.8 Å². The van der Waals surface area contributed by atoms with Gasteiger partial charge in [0.2, 0.25) is 0 Å². The van der Waals surface area contributed by atoms with Gasteiger partial charge < -0.3 is 9.15 Å². The summed E-state index contributed by atoms with van der Waals surface area (Å²) < 4.78 is 12.0. The number of rotatable bonds is 3. The lowest BCUT2D eigenvalue weighted by Gasteiger charge is -2.27. The van der Waals surface area contributed by atoms with Crippen molar-refractivity contribution < 1.29 is 9.15 Å². The van der Waals surface area contributed by atoms with Gasteiger partial charge in [0.25, 0.3) is 0 Å². The van der Waals surface area contributed by atoms with E-state index in [-0.39, 0.29) is 5.43 Å². The molecule has 24 heavy (non-hydrogen) atoms. The summed E-state index contributed by atoms with van der Waals surface area (Å²) in [6, 6.07) is 12.6. The molecule has 1 saturated carbocycles. The van der Waals surface area contributed by atoms with Gasteiger partial charge in [-0.25, -0.2) is 0 Å². The second-order valence-electron chi connectivity index (χ2n) is 6.24. The van der Waals surface area contributed by atoms with Gasteiger partial charge in [0.05, 0.1) is 16.5 Å². The van der Waals surface area contributed by atoms with Crippen molar-refractivity contribution in [1.29, 1.82) is 0 Å². The summed E-state index contributed by atoms with van der Waals surface area (Å²) in [7, 11) is 0. The number of para-hydroxylation sites is 1. The van der Waals surface area contributed by atoms with E-state index < -0.39 is 0 Å². The van der Waals surface area contributed by atoms with Crippen molar-refractivity contribution in [3.63, 3.8) is 0 Å². The molecule has 0 aliphatic heterocycles. The summed E-state index contributed by atoms with van der Waals surface area (Å²) >= 11 is 6.18. The molecule has 1 heterocycles.